The number of hydrogen-bond donors (Lipinski definition) is 2. The Morgan fingerprint density at radius 1 is 1.16 bits per heavy atom. The molecule has 0 fully saturated rings. The zero-order valence-electron chi connectivity index (χ0n) is 9.87. The molecule has 2 rings (SSSR count). The number of amides is 1. The summed E-state index contributed by atoms with van der Waals surface area (Å²) in [5.74, 6) is -1.43. The summed E-state index contributed by atoms with van der Waals surface area (Å²) < 4.78 is 0. The molecule has 96 valence electrons. The summed E-state index contributed by atoms with van der Waals surface area (Å²) in [7, 11) is 0. The van der Waals surface area contributed by atoms with Crippen molar-refractivity contribution in [1.29, 1.82) is 0 Å². The molecule has 1 amide bonds. The third-order valence-corrected chi connectivity index (χ3v) is 3.20. The summed E-state index contributed by atoms with van der Waals surface area (Å²) in [6, 6.07) is 10.1. The fraction of sp³-hybridized carbons (Fsp3) is 0. The van der Waals surface area contributed by atoms with Gasteiger partial charge in [-0.2, -0.15) is 0 Å². The van der Waals surface area contributed by atoms with Crippen LogP contribution in [0.3, 0.4) is 0 Å². The molecule has 0 bridgehead atoms. The molecule has 1 heterocycles. The van der Waals surface area contributed by atoms with Gasteiger partial charge in [0.2, 0.25) is 5.91 Å². The molecule has 5 heteroatoms. The molecule has 2 N–H and O–H groups in total. The molecule has 0 radical (unpaired) electrons. The van der Waals surface area contributed by atoms with Crippen LogP contribution in [-0.4, -0.2) is 17.0 Å². The monoisotopic (exact) mass is 273 g/mol. The number of carboxylic acids is 1. The van der Waals surface area contributed by atoms with E-state index in [2.05, 4.69) is 5.32 Å². The van der Waals surface area contributed by atoms with E-state index >= 15 is 0 Å². The van der Waals surface area contributed by atoms with Crippen LogP contribution in [-0.2, 0) is 4.79 Å². The van der Waals surface area contributed by atoms with E-state index in [1.165, 1.54) is 23.5 Å². The number of carbonyl (C=O) groups is 2. The van der Waals surface area contributed by atoms with Gasteiger partial charge in [0, 0.05) is 11.0 Å². The lowest BCUT2D eigenvalue weighted by Crippen LogP contribution is -2.11. The first-order chi connectivity index (χ1) is 9.16. The summed E-state index contributed by atoms with van der Waals surface area (Å²) in [4.78, 5) is 23.6. The molecule has 0 saturated heterocycles. The summed E-state index contributed by atoms with van der Waals surface area (Å²) in [5, 5.41) is 13.5. The number of thiophene rings is 1. The fourth-order valence-electron chi connectivity index (χ4n) is 1.50. The SMILES string of the molecule is O=C(/C=C/c1cccs1)Nc1ccccc1C(=O)O. The Morgan fingerprint density at radius 2 is 1.95 bits per heavy atom. The molecule has 0 spiro atoms. The van der Waals surface area contributed by atoms with Crippen LogP contribution in [0.15, 0.2) is 47.9 Å². The zero-order valence-corrected chi connectivity index (χ0v) is 10.7. The van der Waals surface area contributed by atoms with Crippen LogP contribution in [0, 0.1) is 0 Å². The fourth-order valence-corrected chi connectivity index (χ4v) is 2.11. The van der Waals surface area contributed by atoms with Gasteiger partial charge in [0.05, 0.1) is 11.3 Å². The molecule has 1 aromatic heterocycles. The van der Waals surface area contributed by atoms with E-state index in [-0.39, 0.29) is 17.2 Å². The van der Waals surface area contributed by atoms with Gasteiger partial charge in [-0.1, -0.05) is 18.2 Å². The standard InChI is InChI=1S/C14H11NO3S/c16-13(8-7-10-4-3-9-19-10)15-12-6-2-1-5-11(12)14(17)18/h1-9H,(H,15,16)(H,17,18)/b8-7+. The van der Waals surface area contributed by atoms with E-state index in [9.17, 15) is 9.59 Å². The van der Waals surface area contributed by atoms with Crippen LogP contribution >= 0.6 is 11.3 Å². The van der Waals surface area contributed by atoms with Gasteiger partial charge in [-0.05, 0) is 29.7 Å². The lowest BCUT2D eigenvalue weighted by atomic mass is 10.2. The number of hydrogen-bond acceptors (Lipinski definition) is 3. The van der Waals surface area contributed by atoms with Gasteiger partial charge < -0.3 is 10.4 Å². The highest BCUT2D eigenvalue weighted by molar-refractivity contribution is 7.10. The van der Waals surface area contributed by atoms with E-state index in [1.807, 2.05) is 17.5 Å². The normalized spacial score (nSPS) is 10.5. The van der Waals surface area contributed by atoms with Crippen molar-refractivity contribution in [2.45, 2.75) is 0 Å². The smallest absolute Gasteiger partial charge is 0.337 e. The molecule has 4 nitrogen and oxygen atoms in total. The van der Waals surface area contributed by atoms with Crippen LogP contribution in [0.1, 0.15) is 15.2 Å². The molecule has 0 unspecified atom stereocenters. The lowest BCUT2D eigenvalue weighted by molar-refractivity contribution is -0.111. The molecular formula is C14H11NO3S. The van der Waals surface area contributed by atoms with E-state index in [0.717, 1.165) is 4.88 Å². The number of carboxylic acid groups (broad SMARTS) is 1. The Labute approximate surface area is 114 Å². The molecule has 1 aromatic carbocycles. The Morgan fingerprint density at radius 3 is 2.63 bits per heavy atom. The molecule has 0 saturated carbocycles. The summed E-state index contributed by atoms with van der Waals surface area (Å²) in [6.07, 6.45) is 3.06. The van der Waals surface area contributed by atoms with Crippen LogP contribution in [0.25, 0.3) is 6.08 Å². The second-order valence-corrected chi connectivity index (χ2v) is 4.67. The number of carbonyl (C=O) groups excluding carboxylic acids is 1. The van der Waals surface area contributed by atoms with Gasteiger partial charge in [0.15, 0.2) is 0 Å². The quantitative estimate of drug-likeness (QED) is 0.841. The molecule has 0 atom stereocenters. The highest BCUT2D eigenvalue weighted by Crippen LogP contribution is 2.15. The number of benzene rings is 1. The average molecular weight is 273 g/mol. The number of anilines is 1. The molecular weight excluding hydrogens is 262 g/mol. The molecule has 19 heavy (non-hydrogen) atoms. The maximum Gasteiger partial charge on any atom is 0.337 e. The molecule has 0 aliphatic heterocycles. The Balaban J connectivity index is 2.09. The predicted octanol–water partition coefficient (Wildman–Crippen LogP) is 3.10. The average Bonchev–Trinajstić information content (AvgIpc) is 2.90. The van der Waals surface area contributed by atoms with Gasteiger partial charge in [-0.25, -0.2) is 4.79 Å². The molecule has 2 aromatic rings. The van der Waals surface area contributed by atoms with Crippen molar-refractivity contribution in [3.05, 3.63) is 58.3 Å². The van der Waals surface area contributed by atoms with Crippen LogP contribution in [0.4, 0.5) is 5.69 Å². The number of nitrogens with one attached hydrogen (secondary N) is 1. The van der Waals surface area contributed by atoms with Gasteiger partial charge in [-0.3, -0.25) is 4.79 Å². The lowest BCUT2D eigenvalue weighted by Gasteiger charge is -2.05. The molecule has 0 aliphatic carbocycles. The highest BCUT2D eigenvalue weighted by atomic mass is 32.1. The Hall–Kier alpha value is -2.40. The van der Waals surface area contributed by atoms with Crippen molar-refractivity contribution >= 4 is 35.0 Å². The van der Waals surface area contributed by atoms with Crippen LogP contribution in [0.2, 0.25) is 0 Å². The van der Waals surface area contributed by atoms with Crippen molar-refractivity contribution in [1.82, 2.24) is 0 Å². The first-order valence-corrected chi connectivity index (χ1v) is 6.39. The number of para-hydroxylation sites is 1. The number of aromatic carboxylic acids is 1. The van der Waals surface area contributed by atoms with Crippen molar-refractivity contribution in [3.8, 4) is 0 Å². The first kappa shape index (κ1) is 13.0. The summed E-state index contributed by atoms with van der Waals surface area (Å²) in [6.45, 7) is 0. The van der Waals surface area contributed by atoms with Crippen molar-refractivity contribution in [2.24, 2.45) is 0 Å². The van der Waals surface area contributed by atoms with Crippen LogP contribution in [0.5, 0.6) is 0 Å². The summed E-state index contributed by atoms with van der Waals surface area (Å²) >= 11 is 1.52. The van der Waals surface area contributed by atoms with Gasteiger partial charge in [0.1, 0.15) is 0 Å². The molecule has 0 aliphatic rings. The minimum Gasteiger partial charge on any atom is -0.478 e. The van der Waals surface area contributed by atoms with Gasteiger partial charge in [0.25, 0.3) is 0 Å². The first-order valence-electron chi connectivity index (χ1n) is 5.52. The van der Waals surface area contributed by atoms with Crippen molar-refractivity contribution < 1.29 is 14.7 Å². The second-order valence-electron chi connectivity index (χ2n) is 3.69. The Bertz CT molecular complexity index is 617. The van der Waals surface area contributed by atoms with E-state index in [1.54, 1.807) is 24.3 Å². The highest BCUT2D eigenvalue weighted by Gasteiger charge is 2.09. The Kier molecular flexibility index (Phi) is 4.10. The minimum atomic E-state index is -1.07. The van der Waals surface area contributed by atoms with E-state index < -0.39 is 5.97 Å². The third kappa shape index (κ3) is 3.53. The largest absolute Gasteiger partial charge is 0.478 e. The maximum atomic E-state index is 11.7. The zero-order chi connectivity index (χ0) is 13.7. The minimum absolute atomic E-state index is 0.0698. The topological polar surface area (TPSA) is 66.4 Å². The van der Waals surface area contributed by atoms with Gasteiger partial charge in [-0.15, -0.1) is 11.3 Å². The van der Waals surface area contributed by atoms with E-state index in [0.29, 0.717) is 0 Å². The van der Waals surface area contributed by atoms with E-state index in [4.69, 9.17) is 5.11 Å². The van der Waals surface area contributed by atoms with Crippen LogP contribution < -0.4 is 5.32 Å². The maximum absolute atomic E-state index is 11.7. The predicted molar refractivity (Wildman–Crippen MR) is 75.4 cm³/mol. The van der Waals surface area contributed by atoms with Crippen molar-refractivity contribution in [3.63, 3.8) is 0 Å². The number of rotatable bonds is 4. The van der Waals surface area contributed by atoms with Gasteiger partial charge >= 0.3 is 5.97 Å². The third-order valence-electron chi connectivity index (χ3n) is 2.36. The second kappa shape index (κ2) is 5.97. The summed E-state index contributed by atoms with van der Waals surface area (Å²) in [5.41, 5.74) is 0.358. The van der Waals surface area contributed by atoms with Crippen molar-refractivity contribution in [2.75, 3.05) is 5.32 Å².